The molecule has 3 N–H and O–H groups in total. The molecular formula is C11H8O4. The second-order valence-corrected chi connectivity index (χ2v) is 3.17. The zero-order valence-electron chi connectivity index (χ0n) is 7.64. The molecule has 0 unspecified atom stereocenters. The van der Waals surface area contributed by atoms with Gasteiger partial charge in [-0.15, -0.1) is 0 Å². The first kappa shape index (κ1) is 9.33. The average molecular weight is 204 g/mol. The highest BCUT2D eigenvalue weighted by atomic mass is 16.3. The maximum absolute atomic E-state index is 11.2. The monoisotopic (exact) mass is 204 g/mol. The van der Waals surface area contributed by atoms with Crippen LogP contribution in [0.15, 0.2) is 35.1 Å². The molecule has 0 bridgehead atoms. The third-order valence-corrected chi connectivity index (χ3v) is 2.16. The van der Waals surface area contributed by atoms with Gasteiger partial charge in [0.05, 0.1) is 0 Å². The lowest BCUT2D eigenvalue weighted by molar-refractivity contribution is 0.404. The molecule has 2 aromatic rings. The zero-order chi connectivity index (χ0) is 11.0. The van der Waals surface area contributed by atoms with Crippen LogP contribution in [0.4, 0.5) is 0 Å². The molecule has 0 heterocycles. The molecular weight excluding hydrogens is 196 g/mol. The van der Waals surface area contributed by atoms with Gasteiger partial charge in [-0.2, -0.15) is 0 Å². The molecule has 76 valence electrons. The van der Waals surface area contributed by atoms with E-state index in [1.165, 1.54) is 18.2 Å². The standard InChI is InChI=1S/C11H8O4/c12-8-3-1-2-6-4-9(13)10(14)5-7(6)11(8)15/h1-5,13-14H,(H,12,15). The van der Waals surface area contributed by atoms with Gasteiger partial charge in [0.1, 0.15) is 0 Å². The molecule has 0 aliphatic rings. The first-order chi connectivity index (χ1) is 7.09. The van der Waals surface area contributed by atoms with Gasteiger partial charge in [0.2, 0.25) is 5.43 Å². The Kier molecular flexibility index (Phi) is 1.97. The molecule has 0 aliphatic carbocycles. The lowest BCUT2D eigenvalue weighted by Crippen LogP contribution is -1.92. The fraction of sp³-hybridized carbons (Fsp3) is 0. The second-order valence-electron chi connectivity index (χ2n) is 3.17. The van der Waals surface area contributed by atoms with E-state index in [1.54, 1.807) is 6.07 Å². The van der Waals surface area contributed by atoms with E-state index in [1.807, 2.05) is 0 Å². The van der Waals surface area contributed by atoms with Crippen LogP contribution in [0.3, 0.4) is 0 Å². The summed E-state index contributed by atoms with van der Waals surface area (Å²) in [6.07, 6.45) is 0. The maximum Gasteiger partial charge on any atom is 0.220 e. The van der Waals surface area contributed by atoms with Crippen LogP contribution < -0.4 is 5.43 Å². The molecule has 15 heavy (non-hydrogen) atoms. The summed E-state index contributed by atoms with van der Waals surface area (Å²) < 4.78 is 0. The minimum absolute atomic E-state index is 0.209. The summed E-state index contributed by atoms with van der Waals surface area (Å²) in [5, 5.41) is 28.7. The predicted molar refractivity (Wildman–Crippen MR) is 55.2 cm³/mol. The number of aromatic hydroxyl groups is 3. The first-order valence-electron chi connectivity index (χ1n) is 4.27. The molecule has 0 spiro atoms. The van der Waals surface area contributed by atoms with E-state index in [-0.39, 0.29) is 16.9 Å². The van der Waals surface area contributed by atoms with E-state index < -0.39 is 11.2 Å². The Morgan fingerprint density at radius 3 is 2.33 bits per heavy atom. The molecule has 0 amide bonds. The average Bonchev–Trinajstić information content (AvgIpc) is 2.32. The van der Waals surface area contributed by atoms with Gasteiger partial charge in [-0.3, -0.25) is 4.79 Å². The molecule has 0 saturated carbocycles. The van der Waals surface area contributed by atoms with Crippen molar-refractivity contribution in [1.29, 1.82) is 0 Å². The molecule has 2 rings (SSSR count). The summed E-state index contributed by atoms with van der Waals surface area (Å²) in [5.74, 6) is -1.10. The van der Waals surface area contributed by atoms with Gasteiger partial charge < -0.3 is 15.3 Å². The molecule has 2 aromatic carbocycles. The van der Waals surface area contributed by atoms with Crippen LogP contribution in [-0.2, 0) is 0 Å². The first-order valence-corrected chi connectivity index (χ1v) is 4.27. The van der Waals surface area contributed by atoms with E-state index in [4.69, 9.17) is 0 Å². The Hall–Kier alpha value is -2.23. The Morgan fingerprint density at radius 1 is 0.933 bits per heavy atom. The number of phenolic OH excluding ortho intramolecular Hbond substituents is 2. The van der Waals surface area contributed by atoms with Crippen molar-refractivity contribution >= 4 is 10.8 Å². The van der Waals surface area contributed by atoms with Gasteiger partial charge in [0.25, 0.3) is 0 Å². The van der Waals surface area contributed by atoms with Crippen molar-refractivity contribution in [2.45, 2.75) is 0 Å². The second kappa shape index (κ2) is 3.16. The van der Waals surface area contributed by atoms with Gasteiger partial charge in [-0.1, -0.05) is 12.1 Å². The van der Waals surface area contributed by atoms with Crippen molar-refractivity contribution in [2.75, 3.05) is 0 Å². The van der Waals surface area contributed by atoms with E-state index in [9.17, 15) is 20.1 Å². The third-order valence-electron chi connectivity index (χ3n) is 2.16. The molecule has 0 atom stereocenters. The summed E-state index contributed by atoms with van der Waals surface area (Å²) in [4.78, 5) is 11.2. The van der Waals surface area contributed by atoms with Gasteiger partial charge in [0.15, 0.2) is 17.2 Å². The SMILES string of the molecule is O=c1cccc2cc(O)c(O)cc2c1O. The number of phenols is 2. The third kappa shape index (κ3) is 1.46. The van der Waals surface area contributed by atoms with Crippen LogP contribution in [0.1, 0.15) is 0 Å². The van der Waals surface area contributed by atoms with Gasteiger partial charge in [-0.25, -0.2) is 0 Å². The summed E-state index contributed by atoms with van der Waals surface area (Å²) >= 11 is 0. The van der Waals surface area contributed by atoms with E-state index in [0.29, 0.717) is 5.39 Å². The van der Waals surface area contributed by atoms with Crippen LogP contribution in [0.2, 0.25) is 0 Å². The van der Waals surface area contributed by atoms with Crippen molar-refractivity contribution in [3.63, 3.8) is 0 Å². The number of fused-ring (bicyclic) bond motifs is 1. The lowest BCUT2D eigenvalue weighted by Gasteiger charge is -1.99. The van der Waals surface area contributed by atoms with E-state index in [2.05, 4.69) is 0 Å². The van der Waals surface area contributed by atoms with Crippen molar-refractivity contribution in [1.82, 2.24) is 0 Å². The fourth-order valence-electron chi connectivity index (χ4n) is 1.39. The molecule has 0 aliphatic heterocycles. The number of hydrogen-bond acceptors (Lipinski definition) is 4. The predicted octanol–water partition coefficient (Wildman–Crippen LogP) is 1.32. The summed E-state index contributed by atoms with van der Waals surface area (Å²) in [6, 6.07) is 6.69. The minimum atomic E-state index is -0.532. The van der Waals surface area contributed by atoms with E-state index >= 15 is 0 Å². The van der Waals surface area contributed by atoms with Gasteiger partial charge in [0, 0.05) is 5.39 Å². The number of hydrogen-bond donors (Lipinski definition) is 3. The Morgan fingerprint density at radius 2 is 1.60 bits per heavy atom. The number of rotatable bonds is 0. The Bertz CT molecular complexity index is 590. The Balaban J connectivity index is 3.03. The van der Waals surface area contributed by atoms with Crippen LogP contribution in [0.5, 0.6) is 17.2 Å². The summed E-state index contributed by atoms with van der Waals surface area (Å²) in [7, 11) is 0. The van der Waals surface area contributed by atoms with Crippen LogP contribution in [0.25, 0.3) is 10.8 Å². The van der Waals surface area contributed by atoms with Crippen LogP contribution in [-0.4, -0.2) is 15.3 Å². The fourth-order valence-corrected chi connectivity index (χ4v) is 1.39. The lowest BCUT2D eigenvalue weighted by atomic mass is 10.1. The van der Waals surface area contributed by atoms with Gasteiger partial charge >= 0.3 is 0 Å². The Labute approximate surface area is 84.7 Å². The summed E-state index contributed by atoms with van der Waals surface area (Å²) in [6.45, 7) is 0. The van der Waals surface area contributed by atoms with Crippen molar-refractivity contribution in [3.8, 4) is 17.2 Å². The van der Waals surface area contributed by atoms with Crippen molar-refractivity contribution in [3.05, 3.63) is 40.6 Å². The van der Waals surface area contributed by atoms with Gasteiger partial charge in [-0.05, 0) is 23.6 Å². The zero-order valence-corrected chi connectivity index (χ0v) is 7.64. The maximum atomic E-state index is 11.2. The number of benzene rings is 1. The van der Waals surface area contributed by atoms with Crippen molar-refractivity contribution in [2.24, 2.45) is 0 Å². The van der Waals surface area contributed by atoms with Crippen molar-refractivity contribution < 1.29 is 15.3 Å². The molecule has 4 nitrogen and oxygen atoms in total. The summed E-state index contributed by atoms with van der Waals surface area (Å²) in [5.41, 5.74) is -0.532. The smallest absolute Gasteiger partial charge is 0.220 e. The normalized spacial score (nSPS) is 10.4. The largest absolute Gasteiger partial charge is 0.504 e. The quantitative estimate of drug-likeness (QED) is 0.565. The molecule has 0 saturated heterocycles. The van der Waals surface area contributed by atoms with Crippen LogP contribution >= 0.6 is 0 Å². The van der Waals surface area contributed by atoms with Crippen LogP contribution in [0, 0.1) is 0 Å². The highest BCUT2D eigenvalue weighted by Gasteiger charge is 2.06. The molecule has 0 radical (unpaired) electrons. The molecule has 0 aromatic heterocycles. The highest BCUT2D eigenvalue weighted by Crippen LogP contribution is 2.32. The van der Waals surface area contributed by atoms with E-state index in [0.717, 1.165) is 6.07 Å². The minimum Gasteiger partial charge on any atom is -0.504 e. The topological polar surface area (TPSA) is 77.8 Å². The molecule has 0 fully saturated rings. The molecule has 4 heteroatoms. The highest BCUT2D eigenvalue weighted by molar-refractivity contribution is 5.89.